The summed E-state index contributed by atoms with van der Waals surface area (Å²) in [6.45, 7) is 62.2. The number of piperidine rings is 2. The van der Waals surface area contributed by atoms with Gasteiger partial charge in [0.2, 0.25) is 5.91 Å². The Morgan fingerprint density at radius 3 is 1.29 bits per heavy atom. The van der Waals surface area contributed by atoms with Gasteiger partial charge in [0.15, 0.2) is 0 Å². The van der Waals surface area contributed by atoms with Gasteiger partial charge in [0.1, 0.15) is 5.82 Å². The molecule has 5 aliphatic heterocycles. The van der Waals surface area contributed by atoms with Crippen molar-refractivity contribution in [1.29, 1.82) is 5.26 Å². The van der Waals surface area contributed by atoms with Gasteiger partial charge < -0.3 is 82.4 Å². The van der Waals surface area contributed by atoms with Crippen LogP contribution in [-0.4, -0.2) is 225 Å². The van der Waals surface area contributed by atoms with Gasteiger partial charge in [0.05, 0.1) is 23.3 Å². The fraction of sp³-hybridized carbons (Fsp3) is 0.729. The molecule has 1 atom stereocenters. The number of carbonyl (C=O) groups excluding carboxylic acids is 1. The number of nitrogens with zero attached hydrogens (tertiary/aromatic N) is 7. The highest BCUT2D eigenvalue weighted by molar-refractivity contribution is 5.78. The van der Waals surface area contributed by atoms with Gasteiger partial charge in [0.25, 0.3) is 0 Å². The number of nitriles is 1. The summed E-state index contributed by atoms with van der Waals surface area (Å²) in [4.78, 5) is 24.6. The first kappa shape index (κ1) is 101. The molecule has 1 unspecified atom stereocenters. The second-order valence-corrected chi connectivity index (χ2v) is 32.0. The molecule has 0 spiro atoms. The molecule has 620 valence electrons. The summed E-state index contributed by atoms with van der Waals surface area (Å²) >= 11 is 0. The molecule has 9 rings (SSSR count). The van der Waals surface area contributed by atoms with E-state index in [0.29, 0.717) is 85.4 Å². The van der Waals surface area contributed by atoms with E-state index in [2.05, 4.69) is 208 Å². The zero-order valence-corrected chi connectivity index (χ0v) is 70.8. The quantitative estimate of drug-likeness (QED) is 0.0212. The van der Waals surface area contributed by atoms with E-state index in [0.717, 1.165) is 109 Å². The molecule has 108 heavy (non-hydrogen) atoms. The number of pyridine rings is 1. The van der Waals surface area contributed by atoms with Crippen LogP contribution in [0.15, 0.2) is 91.5 Å². The highest BCUT2D eigenvalue weighted by Crippen LogP contribution is 2.29. The van der Waals surface area contributed by atoms with Crippen molar-refractivity contribution in [3.8, 4) is 6.07 Å². The van der Waals surface area contributed by atoms with Crippen LogP contribution in [0.3, 0.4) is 0 Å². The molecule has 0 bridgehead atoms. The summed E-state index contributed by atoms with van der Waals surface area (Å²) in [5.74, 6) is 1.44. The molecule has 19 nitrogen and oxygen atoms in total. The van der Waals surface area contributed by atoms with Crippen LogP contribution in [0, 0.1) is 29.0 Å². The Morgan fingerprint density at radius 2 is 0.917 bits per heavy atom. The van der Waals surface area contributed by atoms with E-state index < -0.39 is 11.7 Å². The molecule has 5 saturated heterocycles. The number of aromatic nitrogens is 2. The lowest BCUT2D eigenvalue weighted by molar-refractivity contribution is -0.137. The van der Waals surface area contributed by atoms with Gasteiger partial charge in [-0.25, -0.2) is 4.39 Å². The largest absolute Gasteiger partial charge is 0.417 e. The second kappa shape index (κ2) is 61.6. The van der Waals surface area contributed by atoms with Gasteiger partial charge in [-0.05, 0) is 163 Å². The van der Waals surface area contributed by atoms with E-state index in [9.17, 15) is 27.5 Å². The highest BCUT2D eigenvalue weighted by Gasteiger charge is 2.31. The van der Waals surface area contributed by atoms with Gasteiger partial charge in [-0.15, -0.1) is 0 Å². The van der Waals surface area contributed by atoms with E-state index in [4.69, 9.17) is 5.26 Å². The third kappa shape index (κ3) is 58.8. The van der Waals surface area contributed by atoms with Crippen molar-refractivity contribution in [3.63, 3.8) is 0 Å². The molecule has 5 fully saturated rings. The number of benzene rings is 2. The lowest BCUT2D eigenvalue weighted by Crippen LogP contribution is -2.42. The zero-order chi connectivity index (χ0) is 80.7. The molecule has 5 aliphatic rings. The molecule has 11 N–H and O–H groups in total. The van der Waals surface area contributed by atoms with Gasteiger partial charge >= 0.3 is 6.18 Å². The molecule has 0 aliphatic carbocycles. The minimum Gasteiger partial charge on any atom is -0.393 e. The Bertz CT molecular complexity index is 2760. The molecule has 2 aromatic heterocycles. The predicted octanol–water partition coefficient (Wildman–Crippen LogP) is 12.1. The number of rotatable bonds is 31. The minimum atomic E-state index is -4.24. The first-order valence-electron chi connectivity index (χ1n) is 41.0. The summed E-state index contributed by atoms with van der Waals surface area (Å²) in [5.41, 5.74) is 3.69. The van der Waals surface area contributed by atoms with Crippen molar-refractivity contribution < 1.29 is 27.5 Å². The van der Waals surface area contributed by atoms with Crippen molar-refractivity contribution >= 4 is 5.91 Å². The Labute approximate surface area is 654 Å². The van der Waals surface area contributed by atoms with Crippen LogP contribution in [0.25, 0.3) is 0 Å². The van der Waals surface area contributed by atoms with Gasteiger partial charge in [-0.3, -0.25) is 9.78 Å². The van der Waals surface area contributed by atoms with E-state index in [-0.39, 0.29) is 17.8 Å². The monoisotopic (exact) mass is 1520 g/mol. The number of aliphatic hydroxyl groups is 1. The Morgan fingerprint density at radius 1 is 0.509 bits per heavy atom. The fourth-order valence-corrected chi connectivity index (χ4v) is 11.2. The Kier molecular flexibility index (Phi) is 57.6. The van der Waals surface area contributed by atoms with Crippen molar-refractivity contribution in [1.82, 2.24) is 82.3 Å². The molecule has 23 heteroatoms. The zero-order valence-electron chi connectivity index (χ0n) is 70.8. The molecule has 0 saturated carbocycles. The lowest BCUT2D eigenvalue weighted by atomic mass is 9.97. The van der Waals surface area contributed by atoms with Crippen LogP contribution < -0.4 is 53.2 Å². The molecule has 2 aromatic carbocycles. The van der Waals surface area contributed by atoms with Crippen molar-refractivity contribution in [2.75, 3.05) is 125 Å². The van der Waals surface area contributed by atoms with E-state index in [1.807, 2.05) is 50.4 Å². The van der Waals surface area contributed by atoms with Crippen molar-refractivity contribution in [2.24, 2.45) is 11.8 Å². The van der Waals surface area contributed by atoms with E-state index in [1.165, 1.54) is 125 Å². The van der Waals surface area contributed by atoms with Gasteiger partial charge in [-0.2, -0.15) is 18.4 Å². The molecule has 1 amide bonds. The van der Waals surface area contributed by atoms with Crippen LogP contribution in [-0.2, 0) is 37.1 Å². The SMILES string of the molecule is CC(C)NCC1CCN(C)CC1.CC(C)NCC1CNC(=O)C1.CC(C)NCCN1CCC(O)CC1.CC(C)NCCN1CCC1.CC(C)NCCN1CCCC1.CC(C)NCCn1ccc(C(F)(F)F)c1.CC(C)NCc1ccc(C#N)cc1.CC(C)NCc1ccc(F)cc1.CC(C)NCc1cccnc1. The van der Waals surface area contributed by atoms with Crippen molar-refractivity contribution in [3.05, 3.63) is 125 Å². The standard InChI is InChI=1S/C11H14N2.C10H15F3N2.C10H14FN.C10H22N2O.C10H22N2.C9H20N2.C9H14N2.C8H16N2O.C8H18N2/c1-9(2)13-8-11-5-3-10(7-12)4-6-11;1-8(2)14-4-6-15-5-3-9(7-15)10(11,12)13;1-8(2)12-7-9-3-5-10(11)6-4-9;1-9(2)11-5-8-12-6-3-10(13)4-7-12;1-9(2)11-8-10-4-6-12(3)7-5-10;1-9(2)10-5-8-11-6-3-4-7-11;1-8(2)11-7-9-4-3-5-10-6-9;1-6(2)9-4-7-3-8(11)10-5-7;1-8(2)9-4-7-10-5-3-6-10/h3-6,9,13H,8H2,1-2H3;3,5,7-8,14H,4,6H2,1-2H3;3-6,8,12H,7H2,1-2H3;9-11,13H,3-8H2,1-2H3;9-11H,4-8H2,1-3H3;9-10H,3-8H2,1-2H3;3-6,8,11H,7H2,1-2H3;6-7,9H,3-5H2,1-2H3,(H,10,11);8-9H,3-7H2,1-2H3. The molecular weight excluding hydrogens is 1370 g/mol. The average molecular weight is 1520 g/mol. The van der Waals surface area contributed by atoms with Crippen LogP contribution in [0.1, 0.15) is 204 Å². The number of aliphatic hydroxyl groups excluding tert-OH is 1. The molecule has 4 aromatic rings. The first-order valence-corrected chi connectivity index (χ1v) is 41.0. The van der Waals surface area contributed by atoms with E-state index >= 15 is 0 Å². The lowest BCUT2D eigenvalue weighted by Gasteiger charge is -2.30. The topological polar surface area (TPSA) is 212 Å². The number of halogens is 4. The summed E-state index contributed by atoms with van der Waals surface area (Å²) < 4.78 is 50.7. The number of amides is 1. The normalized spacial score (nSPS) is 16.5. The smallest absolute Gasteiger partial charge is 0.393 e. The Balaban J connectivity index is 0.000000609. The second-order valence-electron chi connectivity index (χ2n) is 32.0. The maximum absolute atomic E-state index is 12.5. The fourth-order valence-electron chi connectivity index (χ4n) is 11.2. The summed E-state index contributed by atoms with van der Waals surface area (Å²) in [5, 5.41) is 50.8. The number of hydrogen-bond donors (Lipinski definition) is 11. The molecule has 0 radical (unpaired) electrons. The number of likely N-dealkylation sites (tertiary alicyclic amines) is 4. The summed E-state index contributed by atoms with van der Waals surface area (Å²) in [6, 6.07) is 26.3. The van der Waals surface area contributed by atoms with E-state index in [1.54, 1.807) is 18.3 Å². The first-order chi connectivity index (χ1) is 51.2. The Hall–Kier alpha value is -5.01. The summed E-state index contributed by atoms with van der Waals surface area (Å²) in [7, 11) is 2.21. The third-order valence-corrected chi connectivity index (χ3v) is 18.0. The third-order valence-electron chi connectivity index (χ3n) is 18.0. The highest BCUT2D eigenvalue weighted by atomic mass is 19.4. The number of nitrogens with one attached hydrogen (secondary N) is 10. The van der Waals surface area contributed by atoms with Gasteiger partial charge in [0, 0.05) is 184 Å². The number of carbonyl (C=O) groups is 1. The predicted molar refractivity (Wildman–Crippen MR) is 446 cm³/mol. The average Bonchev–Trinajstić information content (AvgIpc) is 1.72. The number of hydrogen-bond acceptors (Lipinski definition) is 17. The van der Waals surface area contributed by atoms with Crippen molar-refractivity contribution in [2.45, 2.75) is 269 Å². The van der Waals surface area contributed by atoms with Crippen LogP contribution in [0.5, 0.6) is 0 Å². The molecule has 7 heterocycles. The van der Waals surface area contributed by atoms with Gasteiger partial charge in [-0.1, -0.05) is 155 Å². The maximum Gasteiger partial charge on any atom is 0.417 e. The minimum absolute atomic E-state index is 0.0469. The maximum atomic E-state index is 12.5. The van der Waals surface area contributed by atoms with Crippen LogP contribution in [0.2, 0.25) is 0 Å². The van der Waals surface area contributed by atoms with Crippen LogP contribution in [0.4, 0.5) is 17.6 Å². The summed E-state index contributed by atoms with van der Waals surface area (Å²) in [6.07, 6.45) is 11.5. The number of alkyl halides is 3. The van der Waals surface area contributed by atoms with Crippen LogP contribution >= 0.6 is 0 Å². The molecular formula is C85H155F4N17O2.